The predicted molar refractivity (Wildman–Crippen MR) is 97.8 cm³/mol. The van der Waals surface area contributed by atoms with Crippen LogP contribution in [0, 0.1) is 6.92 Å². The van der Waals surface area contributed by atoms with E-state index in [9.17, 15) is 14.7 Å². The number of carboxylic acids is 1. The van der Waals surface area contributed by atoms with Gasteiger partial charge in [-0.1, -0.05) is 29.8 Å². The number of amides is 1. The first-order valence-corrected chi connectivity index (χ1v) is 8.29. The Morgan fingerprint density at radius 1 is 1.19 bits per heavy atom. The van der Waals surface area contributed by atoms with Crippen LogP contribution in [0.3, 0.4) is 0 Å². The SMILES string of the molecule is COc1ccc(C(NC(=O)C(C)Oc2cccc(C)c2)C(=O)O)cc1Cl. The second-order valence-electron chi connectivity index (χ2n) is 5.75. The lowest BCUT2D eigenvalue weighted by Crippen LogP contribution is -2.41. The summed E-state index contributed by atoms with van der Waals surface area (Å²) < 4.78 is 10.6. The van der Waals surface area contributed by atoms with Crippen LogP contribution in [-0.4, -0.2) is 30.2 Å². The number of methoxy groups -OCH3 is 1. The molecule has 0 radical (unpaired) electrons. The van der Waals surface area contributed by atoms with Crippen LogP contribution < -0.4 is 14.8 Å². The third-order valence-electron chi connectivity index (χ3n) is 3.71. The van der Waals surface area contributed by atoms with Gasteiger partial charge in [-0.3, -0.25) is 4.79 Å². The van der Waals surface area contributed by atoms with E-state index < -0.39 is 24.0 Å². The molecule has 2 atom stereocenters. The summed E-state index contributed by atoms with van der Waals surface area (Å²) in [5, 5.41) is 12.2. The summed E-state index contributed by atoms with van der Waals surface area (Å²) in [4.78, 5) is 24.0. The Morgan fingerprint density at radius 2 is 1.92 bits per heavy atom. The Hall–Kier alpha value is -2.73. The molecule has 0 fully saturated rings. The zero-order valence-electron chi connectivity index (χ0n) is 14.7. The van der Waals surface area contributed by atoms with E-state index >= 15 is 0 Å². The molecule has 6 nitrogen and oxygen atoms in total. The molecule has 0 aliphatic rings. The minimum atomic E-state index is -1.26. The molecule has 2 N–H and O–H groups in total. The predicted octanol–water partition coefficient (Wildman–Crippen LogP) is 3.37. The molecule has 0 heterocycles. The van der Waals surface area contributed by atoms with Gasteiger partial charge in [0.05, 0.1) is 12.1 Å². The number of carbonyl (C=O) groups excluding carboxylic acids is 1. The largest absolute Gasteiger partial charge is 0.495 e. The van der Waals surface area contributed by atoms with Crippen molar-refractivity contribution in [2.75, 3.05) is 7.11 Å². The molecule has 1 amide bonds. The van der Waals surface area contributed by atoms with Gasteiger partial charge in [0.1, 0.15) is 11.5 Å². The molecule has 0 saturated carbocycles. The van der Waals surface area contributed by atoms with E-state index in [1.165, 1.54) is 19.2 Å². The van der Waals surface area contributed by atoms with E-state index in [1.54, 1.807) is 25.1 Å². The van der Waals surface area contributed by atoms with Crippen molar-refractivity contribution in [1.29, 1.82) is 0 Å². The average Bonchev–Trinajstić information content (AvgIpc) is 2.59. The van der Waals surface area contributed by atoms with E-state index in [2.05, 4.69) is 5.32 Å². The summed E-state index contributed by atoms with van der Waals surface area (Å²) in [5.41, 5.74) is 1.32. The van der Waals surface area contributed by atoms with E-state index in [0.29, 0.717) is 17.1 Å². The fraction of sp³-hybridized carbons (Fsp3) is 0.263. The third-order valence-corrected chi connectivity index (χ3v) is 4.01. The lowest BCUT2D eigenvalue weighted by molar-refractivity contribution is -0.143. The lowest BCUT2D eigenvalue weighted by Gasteiger charge is -2.20. The Kier molecular flexibility index (Phi) is 6.46. The van der Waals surface area contributed by atoms with Crippen molar-refractivity contribution in [3.05, 3.63) is 58.6 Å². The molecular formula is C19H20ClNO5. The highest BCUT2D eigenvalue weighted by atomic mass is 35.5. The third kappa shape index (κ3) is 4.89. The van der Waals surface area contributed by atoms with Gasteiger partial charge in [0.25, 0.3) is 5.91 Å². The van der Waals surface area contributed by atoms with Crippen LogP contribution in [0.2, 0.25) is 5.02 Å². The van der Waals surface area contributed by atoms with Gasteiger partial charge in [-0.15, -0.1) is 0 Å². The fourth-order valence-electron chi connectivity index (χ4n) is 2.36. The van der Waals surface area contributed by atoms with Crippen molar-refractivity contribution in [1.82, 2.24) is 5.32 Å². The summed E-state index contributed by atoms with van der Waals surface area (Å²) in [6, 6.07) is 10.5. The molecule has 0 aromatic heterocycles. The molecule has 7 heteroatoms. The molecular weight excluding hydrogens is 358 g/mol. The quantitative estimate of drug-likeness (QED) is 0.772. The number of ether oxygens (including phenoxy) is 2. The van der Waals surface area contributed by atoms with Gasteiger partial charge in [0.15, 0.2) is 12.1 Å². The maximum Gasteiger partial charge on any atom is 0.330 e. The van der Waals surface area contributed by atoms with Gasteiger partial charge in [-0.2, -0.15) is 0 Å². The molecule has 0 aliphatic carbocycles. The maximum absolute atomic E-state index is 12.4. The summed E-state index contributed by atoms with van der Waals surface area (Å²) >= 11 is 6.04. The number of rotatable bonds is 7. The van der Waals surface area contributed by atoms with E-state index in [4.69, 9.17) is 21.1 Å². The number of nitrogens with one attached hydrogen (secondary N) is 1. The number of aryl methyl sites for hydroxylation is 1. The standard InChI is InChI=1S/C19H20ClNO5/c1-11-5-4-6-14(9-11)26-12(2)18(22)21-17(19(23)24)13-7-8-16(25-3)15(20)10-13/h4-10,12,17H,1-3H3,(H,21,22)(H,23,24). The first-order valence-electron chi connectivity index (χ1n) is 7.91. The Bertz CT molecular complexity index is 808. The first kappa shape index (κ1) is 19.6. The first-order chi connectivity index (χ1) is 12.3. The second kappa shape index (κ2) is 8.58. The Balaban J connectivity index is 2.12. The van der Waals surface area contributed by atoms with Gasteiger partial charge in [0, 0.05) is 0 Å². The van der Waals surface area contributed by atoms with Crippen LogP contribution in [0.1, 0.15) is 24.1 Å². The molecule has 0 saturated heterocycles. The van der Waals surface area contributed by atoms with Gasteiger partial charge in [-0.25, -0.2) is 4.79 Å². The number of carbonyl (C=O) groups is 2. The van der Waals surface area contributed by atoms with Crippen molar-refractivity contribution in [3.8, 4) is 11.5 Å². The van der Waals surface area contributed by atoms with E-state index in [1.807, 2.05) is 19.1 Å². The zero-order valence-corrected chi connectivity index (χ0v) is 15.4. The number of benzene rings is 2. The van der Waals surface area contributed by atoms with Crippen LogP contribution in [0.25, 0.3) is 0 Å². The van der Waals surface area contributed by atoms with Gasteiger partial charge < -0.3 is 19.9 Å². The van der Waals surface area contributed by atoms with Gasteiger partial charge in [0.2, 0.25) is 0 Å². The van der Waals surface area contributed by atoms with Crippen molar-refractivity contribution >= 4 is 23.5 Å². The smallest absolute Gasteiger partial charge is 0.330 e. The molecule has 2 aromatic carbocycles. The lowest BCUT2D eigenvalue weighted by atomic mass is 10.1. The summed E-state index contributed by atoms with van der Waals surface area (Å²) in [7, 11) is 1.46. The Morgan fingerprint density at radius 3 is 2.50 bits per heavy atom. The van der Waals surface area contributed by atoms with Crippen LogP contribution >= 0.6 is 11.6 Å². The monoisotopic (exact) mass is 377 g/mol. The molecule has 2 unspecified atom stereocenters. The van der Waals surface area contributed by atoms with Crippen LogP contribution in [-0.2, 0) is 9.59 Å². The number of carboxylic acid groups (broad SMARTS) is 1. The number of hydrogen-bond acceptors (Lipinski definition) is 4. The molecule has 138 valence electrons. The van der Waals surface area contributed by atoms with E-state index in [-0.39, 0.29) is 5.02 Å². The van der Waals surface area contributed by atoms with Crippen LogP contribution in [0.4, 0.5) is 0 Å². The number of hydrogen-bond donors (Lipinski definition) is 2. The highest BCUT2D eigenvalue weighted by Crippen LogP contribution is 2.28. The average molecular weight is 378 g/mol. The summed E-state index contributed by atoms with van der Waals surface area (Å²) in [6.07, 6.45) is -0.868. The van der Waals surface area contributed by atoms with Crippen LogP contribution in [0.5, 0.6) is 11.5 Å². The molecule has 26 heavy (non-hydrogen) atoms. The van der Waals surface area contributed by atoms with Crippen LogP contribution in [0.15, 0.2) is 42.5 Å². The van der Waals surface area contributed by atoms with Gasteiger partial charge in [-0.05, 0) is 49.2 Å². The van der Waals surface area contributed by atoms with Crippen molar-refractivity contribution in [2.24, 2.45) is 0 Å². The highest BCUT2D eigenvalue weighted by molar-refractivity contribution is 6.32. The van der Waals surface area contributed by atoms with Crippen molar-refractivity contribution < 1.29 is 24.2 Å². The van der Waals surface area contributed by atoms with Crippen molar-refractivity contribution in [2.45, 2.75) is 26.0 Å². The minimum absolute atomic E-state index is 0.259. The fourth-order valence-corrected chi connectivity index (χ4v) is 2.62. The second-order valence-corrected chi connectivity index (χ2v) is 6.16. The maximum atomic E-state index is 12.4. The number of halogens is 1. The Labute approximate surface area is 156 Å². The molecule has 0 aliphatic heterocycles. The summed E-state index contributed by atoms with van der Waals surface area (Å²) in [5.74, 6) is -0.803. The molecule has 0 bridgehead atoms. The minimum Gasteiger partial charge on any atom is -0.495 e. The van der Waals surface area contributed by atoms with Crippen molar-refractivity contribution in [3.63, 3.8) is 0 Å². The highest BCUT2D eigenvalue weighted by Gasteiger charge is 2.26. The molecule has 2 rings (SSSR count). The normalized spacial score (nSPS) is 12.8. The molecule has 0 spiro atoms. The topological polar surface area (TPSA) is 84.9 Å². The summed E-state index contributed by atoms with van der Waals surface area (Å²) in [6.45, 7) is 3.46. The number of aliphatic carboxylic acids is 1. The van der Waals surface area contributed by atoms with E-state index in [0.717, 1.165) is 5.56 Å². The zero-order chi connectivity index (χ0) is 19.3. The van der Waals surface area contributed by atoms with Gasteiger partial charge >= 0.3 is 5.97 Å². The molecule has 2 aromatic rings.